The quantitative estimate of drug-likeness (QED) is 0.275. The summed E-state index contributed by atoms with van der Waals surface area (Å²) in [6.07, 6.45) is 11.4. The van der Waals surface area contributed by atoms with Crippen LogP contribution in [0, 0.1) is 17.8 Å². The predicted octanol–water partition coefficient (Wildman–Crippen LogP) is 7.19. The first kappa shape index (κ1) is 34.5. The number of rotatable bonds is 3. The topological polar surface area (TPSA) is 122 Å². The maximum atomic E-state index is 14.4. The Bertz CT molecular complexity index is 1910. The van der Waals surface area contributed by atoms with Crippen molar-refractivity contribution in [1.82, 2.24) is 9.71 Å². The summed E-state index contributed by atoms with van der Waals surface area (Å²) in [5.41, 5.74) is 3.36. The van der Waals surface area contributed by atoms with Crippen molar-refractivity contribution >= 4 is 45.0 Å². The minimum absolute atomic E-state index is 0.0193. The normalized spacial score (nSPS) is 30.0. The predicted molar refractivity (Wildman–Crippen MR) is 196 cm³/mol. The van der Waals surface area contributed by atoms with E-state index < -0.39 is 21.9 Å². The number of halogens is 1. The maximum absolute atomic E-state index is 14.4. The van der Waals surface area contributed by atoms with Gasteiger partial charge in [-0.25, -0.2) is 18.7 Å². The summed E-state index contributed by atoms with van der Waals surface area (Å²) >= 11 is 6.45. The fraction of sp³-hybridized carbons (Fsp3) is 0.447. The van der Waals surface area contributed by atoms with Crippen molar-refractivity contribution < 1.29 is 23.3 Å². The van der Waals surface area contributed by atoms with Crippen LogP contribution >= 0.6 is 11.6 Å². The Balaban J connectivity index is 1.28. The van der Waals surface area contributed by atoms with E-state index in [0.29, 0.717) is 37.2 Å². The van der Waals surface area contributed by atoms with E-state index in [1.807, 2.05) is 25.1 Å². The molecule has 4 aliphatic rings. The van der Waals surface area contributed by atoms with Crippen molar-refractivity contribution in [2.24, 2.45) is 22.1 Å². The van der Waals surface area contributed by atoms with E-state index in [-0.39, 0.29) is 34.6 Å². The zero-order chi connectivity index (χ0) is 34.9. The van der Waals surface area contributed by atoms with Gasteiger partial charge >= 0.3 is 6.03 Å². The lowest BCUT2D eigenvalue weighted by Crippen LogP contribution is -2.49. The molecule has 50 heavy (non-hydrogen) atoms. The highest BCUT2D eigenvalue weighted by molar-refractivity contribution is 7.92. The number of allylic oxidation sites excluding steroid dienone is 1. The molecule has 7 rings (SSSR count). The molecule has 3 amide bonds. The fourth-order valence-electron chi connectivity index (χ4n) is 8.09. The number of anilines is 2. The fourth-order valence-corrected chi connectivity index (χ4v) is 10.1. The highest BCUT2D eigenvalue weighted by atomic mass is 35.5. The number of hydrogen-bond acceptors (Lipinski definition) is 7. The minimum Gasteiger partial charge on any atom is -0.490 e. The summed E-state index contributed by atoms with van der Waals surface area (Å²) in [5.74, 6) is 0.862. The van der Waals surface area contributed by atoms with Crippen molar-refractivity contribution in [2.75, 3.05) is 42.8 Å². The molecule has 2 aliphatic heterocycles. The zero-order valence-electron chi connectivity index (χ0n) is 28.5. The van der Waals surface area contributed by atoms with Crippen LogP contribution in [0.15, 0.2) is 77.3 Å². The summed E-state index contributed by atoms with van der Waals surface area (Å²) < 4.78 is 33.8. The number of aryl methyl sites for hydroxylation is 1. The van der Waals surface area contributed by atoms with Gasteiger partial charge in [0.25, 0.3) is 5.91 Å². The first-order valence-corrected chi connectivity index (χ1v) is 19.5. The second kappa shape index (κ2) is 14.4. The number of methoxy groups -OCH3 is 1. The molecule has 2 N–H and O–H groups in total. The van der Waals surface area contributed by atoms with Crippen molar-refractivity contribution in [3.05, 3.63) is 94.7 Å². The van der Waals surface area contributed by atoms with E-state index in [0.717, 1.165) is 49.4 Å². The molecule has 1 aromatic heterocycles. The van der Waals surface area contributed by atoms with E-state index in [1.165, 1.54) is 11.1 Å². The summed E-state index contributed by atoms with van der Waals surface area (Å²) in [4.78, 5) is 33.5. The number of nitrogens with one attached hydrogen (secondary N) is 2. The largest absolute Gasteiger partial charge is 0.490 e. The number of pyridine rings is 1. The third kappa shape index (κ3) is 7.27. The van der Waals surface area contributed by atoms with Gasteiger partial charge in [0.05, 0.1) is 24.2 Å². The average molecular weight is 718 g/mol. The number of nitrogens with zero attached hydrogens (tertiary/aromatic N) is 3. The monoisotopic (exact) mass is 717 g/mol. The molecule has 2 bridgehead atoms. The molecule has 1 saturated carbocycles. The Kier molecular flexibility index (Phi) is 9.91. The Labute approximate surface area is 299 Å². The molecular weight excluding hydrogens is 674 g/mol. The summed E-state index contributed by atoms with van der Waals surface area (Å²) in [6, 6.07) is 15.9. The van der Waals surface area contributed by atoms with Crippen LogP contribution in [0.1, 0.15) is 60.5 Å². The standard InChI is InChI=1S/C38H44ClN5O5S/c1-25-7-5-9-33(48-2)30-14-11-28(30)21-44-23-38(17-6-8-26-19-29(39)13-15-31(26)38)24-49-34-16-12-27(20-32(34)44)36(45)42-50(47,22-25)43-37(46)41-35-10-3-4-18-40-35/h3-5,9-10,12-13,15-16,18-20,25,28,30,33H,6-8,11,14,17,21-24H2,1-2H3,(H2,40,41,42,43,45,46,47)/b9-5+/t25-,28-,30+,33-,38-,50?/m0/s1. The molecule has 3 heterocycles. The second-order valence-corrected chi connectivity index (χ2v) is 16.7. The molecule has 10 nitrogen and oxygen atoms in total. The van der Waals surface area contributed by atoms with E-state index in [9.17, 15) is 13.8 Å². The lowest BCUT2D eigenvalue weighted by atomic mass is 9.68. The van der Waals surface area contributed by atoms with Gasteiger partial charge in [0, 0.05) is 42.4 Å². The van der Waals surface area contributed by atoms with Crippen LogP contribution in [0.4, 0.5) is 16.3 Å². The smallest absolute Gasteiger partial charge is 0.332 e. The Hall–Kier alpha value is -3.93. The van der Waals surface area contributed by atoms with Crippen LogP contribution in [0.25, 0.3) is 0 Å². The van der Waals surface area contributed by atoms with Crippen molar-refractivity contribution in [1.29, 1.82) is 0 Å². The third-order valence-electron chi connectivity index (χ3n) is 10.7. The highest BCUT2D eigenvalue weighted by Gasteiger charge is 2.44. The van der Waals surface area contributed by atoms with Crippen molar-refractivity contribution in [2.45, 2.75) is 57.0 Å². The van der Waals surface area contributed by atoms with E-state index in [1.54, 1.807) is 37.6 Å². The van der Waals surface area contributed by atoms with Gasteiger partial charge < -0.3 is 14.4 Å². The van der Waals surface area contributed by atoms with Gasteiger partial charge in [-0.2, -0.15) is 0 Å². The van der Waals surface area contributed by atoms with Crippen LogP contribution < -0.4 is 19.7 Å². The molecule has 1 fully saturated rings. The number of hydrogen-bond donors (Lipinski definition) is 2. The average Bonchev–Trinajstić information content (AvgIpc) is 3.22. The number of aromatic nitrogens is 1. The van der Waals surface area contributed by atoms with Crippen LogP contribution in [-0.2, 0) is 26.5 Å². The molecule has 6 atom stereocenters. The lowest BCUT2D eigenvalue weighted by molar-refractivity contribution is 0.0131. The van der Waals surface area contributed by atoms with Gasteiger partial charge in [-0.05, 0) is 110 Å². The van der Waals surface area contributed by atoms with E-state index in [4.69, 9.17) is 21.1 Å². The summed E-state index contributed by atoms with van der Waals surface area (Å²) in [5, 5.41) is 3.34. The molecule has 2 aromatic carbocycles. The number of fused-ring (bicyclic) bond motifs is 4. The van der Waals surface area contributed by atoms with Crippen LogP contribution in [0.3, 0.4) is 0 Å². The van der Waals surface area contributed by atoms with Gasteiger partial charge in [0.15, 0.2) is 0 Å². The van der Waals surface area contributed by atoms with Crippen LogP contribution in [0.5, 0.6) is 5.75 Å². The Morgan fingerprint density at radius 3 is 2.82 bits per heavy atom. The molecule has 3 aromatic rings. The van der Waals surface area contributed by atoms with Gasteiger partial charge in [0.2, 0.25) is 0 Å². The molecule has 1 unspecified atom stereocenters. The van der Waals surface area contributed by atoms with E-state index >= 15 is 0 Å². The van der Waals surface area contributed by atoms with Crippen LogP contribution in [0.2, 0.25) is 5.02 Å². The molecule has 1 spiro atoms. The Morgan fingerprint density at radius 2 is 2.04 bits per heavy atom. The first-order valence-electron chi connectivity index (χ1n) is 17.4. The summed E-state index contributed by atoms with van der Waals surface area (Å²) in [7, 11) is -1.79. The maximum Gasteiger partial charge on any atom is 0.332 e. The Morgan fingerprint density at radius 1 is 1.16 bits per heavy atom. The first-order chi connectivity index (χ1) is 24.1. The molecule has 0 radical (unpaired) electrons. The van der Waals surface area contributed by atoms with Gasteiger partial charge in [0.1, 0.15) is 21.5 Å². The molecule has 12 heteroatoms. The number of urea groups is 1. The zero-order valence-corrected chi connectivity index (χ0v) is 30.1. The van der Waals surface area contributed by atoms with Gasteiger partial charge in [-0.3, -0.25) is 10.1 Å². The van der Waals surface area contributed by atoms with Gasteiger partial charge in [-0.15, -0.1) is 4.36 Å². The lowest BCUT2D eigenvalue weighted by Gasteiger charge is -2.46. The summed E-state index contributed by atoms with van der Waals surface area (Å²) in [6.45, 7) is 3.92. The third-order valence-corrected chi connectivity index (χ3v) is 12.9. The molecule has 264 valence electrons. The van der Waals surface area contributed by atoms with E-state index in [2.05, 4.69) is 48.6 Å². The number of benzene rings is 2. The number of amides is 3. The van der Waals surface area contributed by atoms with Crippen molar-refractivity contribution in [3.63, 3.8) is 0 Å². The molecule has 2 aliphatic carbocycles. The molecule has 0 saturated heterocycles. The SMILES string of the molecule is CO[C@H]1/C=C/C[C@H](C)CS(=O)(NC(=O)Nc2ccccn2)=NC(=O)c2ccc3c(c2)N(C[C@@H]2CC[C@H]21)C[C@@]1(CCCc2cc(Cl)ccc21)CO3. The van der Waals surface area contributed by atoms with Gasteiger partial charge in [-0.1, -0.05) is 42.8 Å². The van der Waals surface area contributed by atoms with Crippen LogP contribution in [-0.4, -0.2) is 59.8 Å². The minimum atomic E-state index is -3.55. The second-order valence-electron chi connectivity index (χ2n) is 14.2. The van der Waals surface area contributed by atoms with Crippen molar-refractivity contribution in [3.8, 4) is 5.75 Å². The highest BCUT2D eigenvalue weighted by Crippen LogP contribution is 2.47. The number of carbonyl (C=O) groups is 2. The molecular formula is C38H44ClN5O5S. The number of ether oxygens (including phenoxy) is 2. The number of carbonyl (C=O) groups excluding carboxylic acids is 2.